The van der Waals surface area contributed by atoms with Crippen LogP contribution in [0.1, 0.15) is 30.0 Å². The molecule has 1 unspecified atom stereocenters. The number of benzene rings is 2. The fourth-order valence-electron chi connectivity index (χ4n) is 4.70. The summed E-state index contributed by atoms with van der Waals surface area (Å²) in [4.78, 5) is 39.5. The molecule has 1 fully saturated rings. The number of carboxylic acids is 2. The first-order valence-electron chi connectivity index (χ1n) is 13.6. The number of carbonyl (C=O) groups is 2. The summed E-state index contributed by atoms with van der Waals surface area (Å²) in [6, 6.07) is 12.9. The number of aliphatic hydroxyl groups is 1. The maximum Gasteiger partial charge on any atom is 0.303 e. The van der Waals surface area contributed by atoms with Gasteiger partial charge in [0.05, 0.1) is 31.3 Å². The van der Waals surface area contributed by atoms with Gasteiger partial charge in [-0.3, -0.25) is 19.4 Å². The topological polar surface area (TPSA) is 156 Å². The largest absolute Gasteiger partial charge is 0.481 e. The quantitative estimate of drug-likeness (QED) is 0.145. The molecule has 0 saturated carbocycles. The lowest BCUT2D eigenvalue weighted by molar-refractivity contribution is -0.143. The van der Waals surface area contributed by atoms with Crippen LogP contribution in [0.15, 0.2) is 66.2 Å². The van der Waals surface area contributed by atoms with Gasteiger partial charge in [-0.25, -0.2) is 23.7 Å². The van der Waals surface area contributed by atoms with E-state index in [1.165, 1.54) is 42.4 Å². The number of H-pyrrole nitrogens is 1. The van der Waals surface area contributed by atoms with Gasteiger partial charge in [-0.05, 0) is 35.4 Å². The van der Waals surface area contributed by atoms with Gasteiger partial charge in [0.15, 0.2) is 5.65 Å². The summed E-state index contributed by atoms with van der Waals surface area (Å²) < 4.78 is 27.1. The number of nitrogens with zero attached hydrogens (tertiary/aromatic N) is 5. The number of aliphatic carboxylic acids is 2. The van der Waals surface area contributed by atoms with E-state index in [0.717, 1.165) is 47.8 Å². The molecule has 0 bridgehead atoms. The molecule has 0 radical (unpaired) electrons. The summed E-state index contributed by atoms with van der Waals surface area (Å²) in [5, 5.41) is 27.2. The van der Waals surface area contributed by atoms with Crippen LogP contribution in [-0.4, -0.2) is 102 Å². The molecule has 1 aliphatic rings. The smallest absolute Gasteiger partial charge is 0.303 e. The van der Waals surface area contributed by atoms with Gasteiger partial charge in [0, 0.05) is 38.5 Å². The molecular formula is C29H32F2N6O5S. The molecule has 1 saturated heterocycles. The van der Waals surface area contributed by atoms with E-state index in [2.05, 4.69) is 29.7 Å². The van der Waals surface area contributed by atoms with Crippen molar-refractivity contribution in [3.8, 4) is 0 Å². The van der Waals surface area contributed by atoms with Crippen LogP contribution in [0.5, 0.6) is 0 Å². The number of β-amino-alcohol motifs (C(OH)–C–C–N with tert-alkyl or cyclic N) is 1. The minimum atomic E-state index is -1.08. The van der Waals surface area contributed by atoms with Crippen LogP contribution < -0.4 is 0 Å². The maximum atomic E-state index is 13.5. The van der Waals surface area contributed by atoms with Crippen molar-refractivity contribution in [3.05, 3.63) is 83.9 Å². The number of carboxylic acid groups (broad SMARTS) is 2. The second-order valence-corrected chi connectivity index (χ2v) is 10.9. The number of hydrogen-bond acceptors (Lipinski definition) is 9. The third-order valence-corrected chi connectivity index (χ3v) is 7.90. The maximum absolute atomic E-state index is 13.5. The normalized spacial score (nSPS) is 14.8. The molecule has 4 aromatic rings. The van der Waals surface area contributed by atoms with Gasteiger partial charge < -0.3 is 20.3 Å². The van der Waals surface area contributed by atoms with Crippen molar-refractivity contribution >= 4 is 34.9 Å². The number of halogens is 2. The lowest BCUT2D eigenvalue weighted by Crippen LogP contribution is -2.50. The van der Waals surface area contributed by atoms with Crippen molar-refractivity contribution in [2.45, 2.75) is 30.0 Å². The first kappa shape index (κ1) is 31.9. The van der Waals surface area contributed by atoms with E-state index in [4.69, 9.17) is 10.2 Å². The molecule has 228 valence electrons. The van der Waals surface area contributed by atoms with Crippen LogP contribution >= 0.6 is 11.8 Å². The molecule has 0 aliphatic carbocycles. The van der Waals surface area contributed by atoms with E-state index in [1.54, 1.807) is 30.6 Å². The van der Waals surface area contributed by atoms with Crippen molar-refractivity contribution in [2.75, 3.05) is 38.5 Å². The predicted octanol–water partition coefficient (Wildman–Crippen LogP) is 3.43. The van der Waals surface area contributed by atoms with Gasteiger partial charge >= 0.3 is 11.9 Å². The molecule has 0 amide bonds. The number of hydrogen-bond donors (Lipinski definition) is 4. The third-order valence-electron chi connectivity index (χ3n) is 6.77. The minimum absolute atomic E-state index is 0.0894. The molecule has 5 rings (SSSR count). The number of thioether (sulfide) groups is 1. The molecule has 0 spiro atoms. The van der Waals surface area contributed by atoms with Gasteiger partial charge in [-0.2, -0.15) is 0 Å². The lowest BCUT2D eigenvalue weighted by atomic mass is 9.96. The Bertz CT molecular complexity index is 1420. The van der Waals surface area contributed by atoms with Crippen LogP contribution in [0.25, 0.3) is 11.2 Å². The molecule has 1 atom stereocenters. The lowest BCUT2D eigenvalue weighted by Gasteiger charge is -2.40. The SMILES string of the molecule is O=C(O)CCC(=O)O.OC(CSc1ncnc2nc[nH]c12)CN1CCN(C(c2ccc(F)cc2)c2ccc(F)cc2)CC1. The zero-order valence-electron chi connectivity index (χ0n) is 23.1. The summed E-state index contributed by atoms with van der Waals surface area (Å²) in [5.74, 6) is -2.20. The Balaban J connectivity index is 0.000000467. The van der Waals surface area contributed by atoms with Crippen molar-refractivity contribution in [1.82, 2.24) is 29.7 Å². The third kappa shape index (κ3) is 9.51. The van der Waals surface area contributed by atoms with E-state index < -0.39 is 18.0 Å². The first-order valence-corrected chi connectivity index (χ1v) is 14.5. The van der Waals surface area contributed by atoms with Gasteiger partial charge in [-0.1, -0.05) is 24.3 Å². The Labute approximate surface area is 250 Å². The molecule has 1 aliphatic heterocycles. The number of nitrogens with one attached hydrogen (secondary N) is 1. The van der Waals surface area contributed by atoms with Gasteiger partial charge in [0.2, 0.25) is 0 Å². The monoisotopic (exact) mass is 614 g/mol. The zero-order valence-corrected chi connectivity index (χ0v) is 24.0. The van der Waals surface area contributed by atoms with Crippen molar-refractivity contribution in [3.63, 3.8) is 0 Å². The van der Waals surface area contributed by atoms with E-state index >= 15 is 0 Å². The standard InChI is InChI=1S/C25H26F2N6OS.C4H6O4/c26-19-5-1-17(2-6-19)23(18-3-7-20(27)8-4-18)33-11-9-32(10-12-33)13-21(34)14-35-25-22-24(29-15-28-22)30-16-31-25;5-3(6)1-2-4(7)8/h1-8,15-16,21,23,34H,9-14H2,(H,28,29,30,31);1-2H2,(H,5,6)(H,7,8). The van der Waals surface area contributed by atoms with Gasteiger partial charge in [-0.15, -0.1) is 11.8 Å². The number of imidazole rings is 1. The molecule has 14 heteroatoms. The summed E-state index contributed by atoms with van der Waals surface area (Å²) in [5.41, 5.74) is 3.34. The molecule has 4 N–H and O–H groups in total. The summed E-state index contributed by atoms with van der Waals surface area (Å²) >= 11 is 1.48. The molecule has 43 heavy (non-hydrogen) atoms. The Morgan fingerprint density at radius 2 is 1.42 bits per heavy atom. The number of piperazine rings is 1. The number of aromatic amines is 1. The molecule has 11 nitrogen and oxygen atoms in total. The van der Waals surface area contributed by atoms with Crippen LogP contribution in [0.2, 0.25) is 0 Å². The number of aromatic nitrogens is 4. The molecule has 3 heterocycles. The first-order chi connectivity index (χ1) is 20.7. The van der Waals surface area contributed by atoms with Crippen LogP contribution in [0.3, 0.4) is 0 Å². The van der Waals surface area contributed by atoms with Gasteiger partial charge in [0.1, 0.15) is 28.5 Å². The highest BCUT2D eigenvalue weighted by Gasteiger charge is 2.27. The Morgan fingerprint density at radius 3 is 1.95 bits per heavy atom. The van der Waals surface area contributed by atoms with Crippen LogP contribution in [0, 0.1) is 11.6 Å². The number of rotatable bonds is 11. The molecule has 2 aromatic heterocycles. The van der Waals surface area contributed by atoms with Crippen LogP contribution in [-0.2, 0) is 9.59 Å². The van der Waals surface area contributed by atoms with Crippen molar-refractivity contribution in [2.24, 2.45) is 0 Å². The number of aliphatic hydroxyl groups excluding tert-OH is 1. The Hall–Kier alpha value is -3.98. The highest BCUT2D eigenvalue weighted by molar-refractivity contribution is 7.99. The van der Waals surface area contributed by atoms with Crippen molar-refractivity contribution < 1.29 is 33.7 Å². The zero-order chi connectivity index (χ0) is 30.8. The molecular weight excluding hydrogens is 582 g/mol. The fourth-order valence-corrected chi connectivity index (χ4v) is 5.57. The predicted molar refractivity (Wildman–Crippen MR) is 156 cm³/mol. The second kappa shape index (κ2) is 15.5. The summed E-state index contributed by atoms with van der Waals surface area (Å²) in [6.07, 6.45) is 1.97. The minimum Gasteiger partial charge on any atom is -0.481 e. The van der Waals surface area contributed by atoms with Crippen molar-refractivity contribution in [1.29, 1.82) is 0 Å². The van der Waals surface area contributed by atoms with E-state index in [9.17, 15) is 23.5 Å². The highest BCUT2D eigenvalue weighted by Crippen LogP contribution is 2.30. The molecule has 2 aromatic carbocycles. The van der Waals surface area contributed by atoms with Crippen LogP contribution in [0.4, 0.5) is 8.78 Å². The van der Waals surface area contributed by atoms with E-state index in [1.807, 2.05) is 0 Å². The van der Waals surface area contributed by atoms with E-state index in [0.29, 0.717) is 17.9 Å². The average molecular weight is 615 g/mol. The Kier molecular flexibility index (Phi) is 11.5. The fraction of sp³-hybridized carbons (Fsp3) is 0.345. The van der Waals surface area contributed by atoms with E-state index in [-0.39, 0.29) is 30.5 Å². The van der Waals surface area contributed by atoms with Gasteiger partial charge in [0.25, 0.3) is 0 Å². The average Bonchev–Trinajstić information content (AvgIpc) is 3.48. The second-order valence-electron chi connectivity index (χ2n) is 9.87. The summed E-state index contributed by atoms with van der Waals surface area (Å²) in [6.45, 7) is 3.70. The highest BCUT2D eigenvalue weighted by atomic mass is 32.2. The summed E-state index contributed by atoms with van der Waals surface area (Å²) in [7, 11) is 0. The number of fused-ring (bicyclic) bond motifs is 1. The Morgan fingerprint density at radius 1 is 0.860 bits per heavy atom.